The Kier molecular flexibility index (Phi) is 4.91. The average molecular weight is 227 g/mol. The summed E-state index contributed by atoms with van der Waals surface area (Å²) < 4.78 is 10.1. The molecule has 6 heteroatoms. The van der Waals surface area contributed by atoms with E-state index in [1.54, 1.807) is 13.8 Å². The van der Waals surface area contributed by atoms with Crippen LogP contribution in [0.25, 0.3) is 0 Å². The van der Waals surface area contributed by atoms with Gasteiger partial charge in [0.05, 0.1) is 19.6 Å². The first kappa shape index (κ1) is 12.6. The third-order valence-electron chi connectivity index (χ3n) is 1.98. The van der Waals surface area contributed by atoms with Crippen LogP contribution >= 0.6 is 0 Å². The van der Waals surface area contributed by atoms with E-state index >= 15 is 0 Å². The van der Waals surface area contributed by atoms with Crippen LogP contribution in [-0.2, 0) is 16.1 Å². The first-order valence-electron chi connectivity index (χ1n) is 5.25. The Bertz CT molecular complexity index is 338. The van der Waals surface area contributed by atoms with Gasteiger partial charge in [0.15, 0.2) is 0 Å². The van der Waals surface area contributed by atoms with Gasteiger partial charge in [0.1, 0.15) is 0 Å². The molecule has 0 atom stereocenters. The molecule has 0 fully saturated rings. The molecule has 0 saturated heterocycles. The van der Waals surface area contributed by atoms with E-state index < -0.39 is 0 Å². The van der Waals surface area contributed by atoms with E-state index in [-0.39, 0.29) is 5.97 Å². The van der Waals surface area contributed by atoms with Gasteiger partial charge >= 0.3 is 5.97 Å². The molecule has 1 heterocycles. The van der Waals surface area contributed by atoms with Gasteiger partial charge in [-0.2, -0.15) is 0 Å². The zero-order chi connectivity index (χ0) is 12.0. The van der Waals surface area contributed by atoms with Crippen LogP contribution in [0.5, 0.6) is 0 Å². The van der Waals surface area contributed by atoms with Gasteiger partial charge in [-0.1, -0.05) is 0 Å². The van der Waals surface area contributed by atoms with E-state index in [0.29, 0.717) is 37.9 Å². The molecule has 0 aliphatic rings. The Morgan fingerprint density at radius 2 is 2.25 bits per heavy atom. The highest BCUT2D eigenvalue weighted by atomic mass is 16.5. The van der Waals surface area contributed by atoms with Crippen molar-refractivity contribution in [2.24, 2.45) is 0 Å². The molecule has 1 aromatic rings. The van der Waals surface area contributed by atoms with E-state index in [9.17, 15) is 4.79 Å². The van der Waals surface area contributed by atoms with Crippen LogP contribution in [0.3, 0.4) is 0 Å². The molecule has 6 nitrogen and oxygen atoms in total. The van der Waals surface area contributed by atoms with E-state index in [0.717, 1.165) is 0 Å². The van der Waals surface area contributed by atoms with Crippen molar-refractivity contribution >= 4 is 5.97 Å². The minimum Gasteiger partial charge on any atom is -0.466 e. The predicted molar refractivity (Wildman–Crippen MR) is 56.6 cm³/mol. The van der Waals surface area contributed by atoms with Crippen molar-refractivity contribution in [3.63, 3.8) is 0 Å². The minimum atomic E-state index is -0.184. The fourth-order valence-corrected chi connectivity index (χ4v) is 1.23. The molecule has 16 heavy (non-hydrogen) atoms. The van der Waals surface area contributed by atoms with Crippen molar-refractivity contribution in [1.82, 2.24) is 15.1 Å². The summed E-state index contributed by atoms with van der Waals surface area (Å²) in [6.45, 7) is 5.11. The van der Waals surface area contributed by atoms with E-state index in [1.807, 2.05) is 11.9 Å². The molecular formula is C10H17N3O3. The van der Waals surface area contributed by atoms with Gasteiger partial charge in [0.2, 0.25) is 11.8 Å². The number of rotatable bonds is 6. The van der Waals surface area contributed by atoms with Crippen LogP contribution in [0, 0.1) is 6.92 Å². The quantitative estimate of drug-likeness (QED) is 0.668. The highest BCUT2D eigenvalue weighted by molar-refractivity contribution is 5.69. The summed E-state index contributed by atoms with van der Waals surface area (Å²) in [6, 6.07) is 0. The number of ether oxygens (including phenoxy) is 1. The maximum absolute atomic E-state index is 11.1. The molecule has 0 aromatic carbocycles. The standard InChI is InChI=1S/C10H17N3O3/c1-4-15-10(14)5-6-13(3)7-9-12-11-8(2)16-9/h4-7H2,1-3H3. The lowest BCUT2D eigenvalue weighted by atomic mass is 10.4. The van der Waals surface area contributed by atoms with Crippen molar-refractivity contribution in [3.05, 3.63) is 11.8 Å². The summed E-state index contributed by atoms with van der Waals surface area (Å²) in [7, 11) is 1.89. The van der Waals surface area contributed by atoms with Crippen LogP contribution in [0.2, 0.25) is 0 Å². The van der Waals surface area contributed by atoms with Gasteiger partial charge < -0.3 is 9.15 Å². The molecule has 90 valence electrons. The smallest absolute Gasteiger partial charge is 0.307 e. The van der Waals surface area contributed by atoms with Crippen LogP contribution in [0.4, 0.5) is 0 Å². The number of hydrogen-bond acceptors (Lipinski definition) is 6. The fourth-order valence-electron chi connectivity index (χ4n) is 1.23. The molecular weight excluding hydrogens is 210 g/mol. The Labute approximate surface area is 94.6 Å². The van der Waals surface area contributed by atoms with Crippen molar-refractivity contribution in [2.75, 3.05) is 20.2 Å². The topological polar surface area (TPSA) is 68.5 Å². The molecule has 0 spiro atoms. The maximum Gasteiger partial charge on any atom is 0.307 e. The summed E-state index contributed by atoms with van der Waals surface area (Å²) in [4.78, 5) is 13.0. The minimum absolute atomic E-state index is 0.184. The Hall–Kier alpha value is -1.43. The molecule has 0 unspecified atom stereocenters. The second-order valence-electron chi connectivity index (χ2n) is 3.51. The first-order valence-corrected chi connectivity index (χ1v) is 5.25. The SMILES string of the molecule is CCOC(=O)CCN(C)Cc1nnc(C)o1. The second kappa shape index (κ2) is 6.22. The third kappa shape index (κ3) is 4.39. The largest absolute Gasteiger partial charge is 0.466 e. The third-order valence-corrected chi connectivity index (χ3v) is 1.98. The number of hydrogen-bond donors (Lipinski definition) is 0. The van der Waals surface area contributed by atoms with Crippen molar-refractivity contribution in [1.29, 1.82) is 0 Å². The van der Waals surface area contributed by atoms with E-state index in [2.05, 4.69) is 10.2 Å². The average Bonchev–Trinajstić information content (AvgIpc) is 2.61. The van der Waals surface area contributed by atoms with Gasteiger partial charge in [0.25, 0.3) is 0 Å². The summed E-state index contributed by atoms with van der Waals surface area (Å²) in [6.07, 6.45) is 0.372. The number of aryl methyl sites for hydroxylation is 1. The molecule has 0 aliphatic heterocycles. The molecule has 0 amide bonds. The predicted octanol–water partition coefficient (Wildman–Crippen LogP) is 0.763. The zero-order valence-electron chi connectivity index (χ0n) is 9.89. The monoisotopic (exact) mass is 227 g/mol. The van der Waals surface area contributed by atoms with E-state index in [4.69, 9.17) is 9.15 Å². The molecule has 1 rings (SSSR count). The first-order chi connectivity index (χ1) is 7.61. The fraction of sp³-hybridized carbons (Fsp3) is 0.700. The van der Waals surface area contributed by atoms with Gasteiger partial charge in [-0.3, -0.25) is 9.69 Å². The molecule has 0 saturated carbocycles. The Morgan fingerprint density at radius 1 is 1.50 bits per heavy atom. The Morgan fingerprint density at radius 3 is 2.81 bits per heavy atom. The van der Waals surface area contributed by atoms with Crippen LogP contribution < -0.4 is 0 Å². The second-order valence-corrected chi connectivity index (χ2v) is 3.51. The van der Waals surface area contributed by atoms with E-state index in [1.165, 1.54) is 0 Å². The van der Waals surface area contributed by atoms with Gasteiger partial charge in [-0.05, 0) is 14.0 Å². The number of carbonyl (C=O) groups excluding carboxylic acids is 1. The number of carbonyl (C=O) groups is 1. The molecule has 0 radical (unpaired) electrons. The van der Waals surface area contributed by atoms with Crippen molar-refractivity contribution < 1.29 is 13.9 Å². The Balaban J connectivity index is 2.25. The summed E-state index contributed by atoms with van der Waals surface area (Å²) in [5.74, 6) is 0.925. The maximum atomic E-state index is 11.1. The molecule has 0 aliphatic carbocycles. The van der Waals surface area contributed by atoms with Crippen LogP contribution in [-0.4, -0.2) is 41.3 Å². The van der Waals surface area contributed by atoms with Crippen LogP contribution in [0.15, 0.2) is 4.42 Å². The zero-order valence-corrected chi connectivity index (χ0v) is 9.89. The number of nitrogens with zero attached hydrogens (tertiary/aromatic N) is 3. The lowest BCUT2D eigenvalue weighted by Crippen LogP contribution is -2.22. The summed E-state index contributed by atoms with van der Waals surface area (Å²) in [5, 5.41) is 7.60. The summed E-state index contributed by atoms with van der Waals surface area (Å²) >= 11 is 0. The summed E-state index contributed by atoms with van der Waals surface area (Å²) in [5.41, 5.74) is 0. The number of esters is 1. The lowest BCUT2D eigenvalue weighted by molar-refractivity contribution is -0.143. The van der Waals surface area contributed by atoms with Gasteiger partial charge in [0, 0.05) is 13.5 Å². The number of aromatic nitrogens is 2. The highest BCUT2D eigenvalue weighted by Crippen LogP contribution is 2.02. The highest BCUT2D eigenvalue weighted by Gasteiger charge is 2.09. The van der Waals surface area contributed by atoms with Gasteiger partial charge in [-0.15, -0.1) is 10.2 Å². The van der Waals surface area contributed by atoms with Crippen LogP contribution in [0.1, 0.15) is 25.1 Å². The normalized spacial score (nSPS) is 10.8. The van der Waals surface area contributed by atoms with Crippen molar-refractivity contribution in [3.8, 4) is 0 Å². The molecule has 0 bridgehead atoms. The van der Waals surface area contributed by atoms with Crippen molar-refractivity contribution in [2.45, 2.75) is 26.8 Å². The lowest BCUT2D eigenvalue weighted by Gasteiger charge is -2.13. The molecule has 1 aromatic heterocycles. The van der Waals surface area contributed by atoms with Gasteiger partial charge in [-0.25, -0.2) is 0 Å². The molecule has 0 N–H and O–H groups in total.